The minimum Gasteiger partial charge on any atom is -0.350 e. The third-order valence-corrected chi connectivity index (χ3v) is 2.21. The summed E-state index contributed by atoms with van der Waals surface area (Å²) in [6.07, 6.45) is 1.19. The zero-order valence-electron chi connectivity index (χ0n) is 8.17. The maximum atomic E-state index is 5.72. The fourth-order valence-corrected chi connectivity index (χ4v) is 1.46. The molecule has 0 aromatic carbocycles. The predicted octanol–water partition coefficient (Wildman–Crippen LogP) is 1.12. The van der Waals surface area contributed by atoms with E-state index in [1.807, 2.05) is 13.8 Å². The fraction of sp³-hybridized carbons (Fsp3) is 1.00. The van der Waals surface area contributed by atoms with Crippen molar-refractivity contribution in [3.05, 3.63) is 0 Å². The summed E-state index contributed by atoms with van der Waals surface area (Å²) in [5.74, 6) is 0.0355. The summed E-state index contributed by atoms with van der Waals surface area (Å²) in [6.45, 7) is 7.49. The Balaban J connectivity index is 2.47. The second-order valence-electron chi connectivity index (χ2n) is 3.92. The molecule has 0 bridgehead atoms. The average Bonchev–Trinajstić information content (AvgIpc) is 1.97. The molecule has 2 N–H and O–H groups in total. The van der Waals surface area contributed by atoms with E-state index >= 15 is 0 Å². The molecular formula is C9H19NO2. The third-order valence-electron chi connectivity index (χ3n) is 2.21. The Hall–Kier alpha value is -0.120. The van der Waals surface area contributed by atoms with E-state index in [1.54, 1.807) is 0 Å². The molecule has 0 amide bonds. The van der Waals surface area contributed by atoms with E-state index in [0.717, 1.165) is 13.0 Å². The monoisotopic (exact) mass is 173 g/mol. The molecular weight excluding hydrogens is 154 g/mol. The van der Waals surface area contributed by atoms with E-state index in [1.165, 1.54) is 0 Å². The lowest BCUT2D eigenvalue weighted by Gasteiger charge is -2.39. The molecule has 0 aliphatic carbocycles. The molecule has 2 atom stereocenters. The van der Waals surface area contributed by atoms with Crippen LogP contribution in [0, 0.1) is 5.92 Å². The summed E-state index contributed by atoms with van der Waals surface area (Å²) in [4.78, 5) is 0. The smallest absolute Gasteiger partial charge is 0.163 e. The normalized spacial score (nSPS) is 35.0. The lowest BCUT2D eigenvalue weighted by molar-refractivity contribution is -0.291. The Bertz CT molecular complexity index is 147. The molecule has 0 aromatic heterocycles. The molecule has 1 heterocycles. The molecule has 1 rings (SSSR count). The quantitative estimate of drug-likeness (QED) is 0.680. The van der Waals surface area contributed by atoms with Crippen molar-refractivity contribution in [2.24, 2.45) is 11.7 Å². The van der Waals surface area contributed by atoms with Crippen LogP contribution in [0.5, 0.6) is 0 Å². The maximum absolute atomic E-state index is 5.72. The Morgan fingerprint density at radius 1 is 1.50 bits per heavy atom. The first-order valence-electron chi connectivity index (χ1n) is 4.57. The van der Waals surface area contributed by atoms with E-state index in [-0.39, 0.29) is 6.10 Å². The molecule has 72 valence electrons. The Labute approximate surface area is 74.2 Å². The van der Waals surface area contributed by atoms with Gasteiger partial charge in [0.1, 0.15) is 0 Å². The van der Waals surface area contributed by atoms with Gasteiger partial charge in [-0.05, 0) is 26.8 Å². The third kappa shape index (κ3) is 2.44. The van der Waals surface area contributed by atoms with E-state index in [4.69, 9.17) is 15.2 Å². The zero-order valence-corrected chi connectivity index (χ0v) is 8.17. The van der Waals surface area contributed by atoms with E-state index < -0.39 is 5.79 Å². The van der Waals surface area contributed by atoms with E-state index in [9.17, 15) is 0 Å². The Morgan fingerprint density at radius 2 is 2.17 bits per heavy atom. The van der Waals surface area contributed by atoms with Crippen molar-refractivity contribution in [1.29, 1.82) is 0 Å². The summed E-state index contributed by atoms with van der Waals surface area (Å²) in [6, 6.07) is 0. The van der Waals surface area contributed by atoms with Crippen molar-refractivity contribution in [2.75, 3.05) is 13.2 Å². The van der Waals surface area contributed by atoms with Crippen LogP contribution >= 0.6 is 0 Å². The van der Waals surface area contributed by atoms with Gasteiger partial charge in [-0.15, -0.1) is 0 Å². The van der Waals surface area contributed by atoms with Crippen molar-refractivity contribution in [1.82, 2.24) is 0 Å². The Kier molecular flexibility index (Phi) is 3.09. The fourth-order valence-electron chi connectivity index (χ4n) is 1.46. The van der Waals surface area contributed by atoms with Crippen molar-refractivity contribution in [3.63, 3.8) is 0 Å². The molecule has 1 saturated heterocycles. The topological polar surface area (TPSA) is 44.5 Å². The van der Waals surface area contributed by atoms with Crippen LogP contribution in [0.15, 0.2) is 0 Å². The first-order valence-corrected chi connectivity index (χ1v) is 4.57. The SMILES string of the molecule is C[C@@H]1COC(C)(C)O[C@@H]1CCN. The van der Waals surface area contributed by atoms with E-state index in [0.29, 0.717) is 12.5 Å². The number of ether oxygens (including phenoxy) is 2. The minimum atomic E-state index is -0.424. The van der Waals surface area contributed by atoms with Crippen LogP contribution in [0.4, 0.5) is 0 Å². The maximum Gasteiger partial charge on any atom is 0.163 e. The largest absolute Gasteiger partial charge is 0.350 e. The van der Waals surface area contributed by atoms with Crippen LogP contribution in [0.1, 0.15) is 27.2 Å². The van der Waals surface area contributed by atoms with Gasteiger partial charge in [0.05, 0.1) is 12.7 Å². The molecule has 0 saturated carbocycles. The first-order chi connectivity index (χ1) is 5.55. The molecule has 0 spiro atoms. The van der Waals surface area contributed by atoms with Gasteiger partial charge >= 0.3 is 0 Å². The number of hydrogen-bond acceptors (Lipinski definition) is 3. The lowest BCUT2D eigenvalue weighted by Crippen LogP contribution is -2.45. The van der Waals surface area contributed by atoms with Crippen molar-refractivity contribution >= 4 is 0 Å². The number of hydrogen-bond donors (Lipinski definition) is 1. The highest BCUT2D eigenvalue weighted by atomic mass is 16.7. The standard InChI is InChI=1S/C9H19NO2/c1-7-6-11-9(2,3)12-8(7)4-5-10/h7-8H,4-6,10H2,1-3H3/t7-,8-/m1/s1. The summed E-state index contributed by atoms with van der Waals surface area (Å²) in [5, 5.41) is 0. The average molecular weight is 173 g/mol. The van der Waals surface area contributed by atoms with Crippen molar-refractivity contribution in [3.8, 4) is 0 Å². The van der Waals surface area contributed by atoms with Gasteiger partial charge in [0, 0.05) is 5.92 Å². The number of nitrogens with two attached hydrogens (primary N) is 1. The molecule has 0 aromatic rings. The van der Waals surface area contributed by atoms with Crippen LogP contribution in [0.3, 0.4) is 0 Å². The Morgan fingerprint density at radius 3 is 2.75 bits per heavy atom. The van der Waals surface area contributed by atoms with Gasteiger partial charge in [-0.1, -0.05) is 6.92 Å². The van der Waals surface area contributed by atoms with Gasteiger partial charge in [-0.3, -0.25) is 0 Å². The van der Waals surface area contributed by atoms with Gasteiger partial charge in [0.25, 0.3) is 0 Å². The van der Waals surface area contributed by atoms with Gasteiger partial charge < -0.3 is 15.2 Å². The van der Waals surface area contributed by atoms with Gasteiger partial charge in [0.2, 0.25) is 0 Å². The summed E-state index contributed by atoms with van der Waals surface area (Å²) in [5.41, 5.74) is 5.49. The van der Waals surface area contributed by atoms with Gasteiger partial charge in [0.15, 0.2) is 5.79 Å². The van der Waals surface area contributed by atoms with Gasteiger partial charge in [-0.25, -0.2) is 0 Å². The first kappa shape index (κ1) is 9.96. The minimum absolute atomic E-state index is 0.263. The molecule has 3 nitrogen and oxygen atoms in total. The molecule has 0 unspecified atom stereocenters. The molecule has 0 radical (unpaired) electrons. The zero-order chi connectivity index (χ0) is 9.19. The molecule has 3 heteroatoms. The van der Waals surface area contributed by atoms with Crippen LogP contribution in [-0.2, 0) is 9.47 Å². The summed E-state index contributed by atoms with van der Waals surface area (Å²) in [7, 11) is 0. The molecule has 1 aliphatic rings. The van der Waals surface area contributed by atoms with Crippen LogP contribution in [-0.4, -0.2) is 25.0 Å². The lowest BCUT2D eigenvalue weighted by atomic mass is 10.0. The van der Waals surface area contributed by atoms with Crippen LogP contribution in [0.25, 0.3) is 0 Å². The van der Waals surface area contributed by atoms with E-state index in [2.05, 4.69) is 6.92 Å². The predicted molar refractivity (Wildman–Crippen MR) is 47.7 cm³/mol. The highest BCUT2D eigenvalue weighted by molar-refractivity contribution is 4.74. The van der Waals surface area contributed by atoms with Crippen LogP contribution < -0.4 is 5.73 Å². The molecule has 1 aliphatic heterocycles. The van der Waals surface area contributed by atoms with Gasteiger partial charge in [-0.2, -0.15) is 0 Å². The highest BCUT2D eigenvalue weighted by Crippen LogP contribution is 2.27. The summed E-state index contributed by atoms with van der Waals surface area (Å²) >= 11 is 0. The van der Waals surface area contributed by atoms with Crippen LogP contribution in [0.2, 0.25) is 0 Å². The number of rotatable bonds is 2. The van der Waals surface area contributed by atoms with Crippen molar-refractivity contribution in [2.45, 2.75) is 39.1 Å². The molecule has 12 heavy (non-hydrogen) atoms. The second kappa shape index (κ2) is 3.73. The van der Waals surface area contributed by atoms with Crippen molar-refractivity contribution < 1.29 is 9.47 Å². The second-order valence-corrected chi connectivity index (χ2v) is 3.92. The summed E-state index contributed by atoms with van der Waals surface area (Å²) < 4.78 is 11.2. The molecule has 1 fully saturated rings. The highest BCUT2D eigenvalue weighted by Gasteiger charge is 2.33.